The first-order valence-corrected chi connectivity index (χ1v) is 11.3. The first-order valence-electron chi connectivity index (χ1n) is 10.8. The van der Waals surface area contributed by atoms with Gasteiger partial charge in [0.25, 0.3) is 0 Å². The number of piperazine rings is 1. The van der Waals surface area contributed by atoms with Crippen LogP contribution in [-0.4, -0.2) is 70.4 Å². The molecule has 1 aliphatic rings. The van der Waals surface area contributed by atoms with Crippen molar-refractivity contribution in [3.63, 3.8) is 0 Å². The van der Waals surface area contributed by atoms with Gasteiger partial charge in [0.05, 0.1) is 19.2 Å². The van der Waals surface area contributed by atoms with Crippen LogP contribution in [-0.2, 0) is 11.3 Å². The molecule has 168 valence electrons. The molecule has 1 aromatic heterocycles. The fourth-order valence-corrected chi connectivity index (χ4v) is 4.22. The summed E-state index contributed by atoms with van der Waals surface area (Å²) in [7, 11) is 3.73. The Morgan fingerprint density at radius 2 is 1.75 bits per heavy atom. The molecule has 0 saturated carbocycles. The minimum atomic E-state index is 0.142. The molecule has 32 heavy (non-hydrogen) atoms. The van der Waals surface area contributed by atoms with Crippen LogP contribution in [0.5, 0.6) is 5.75 Å². The van der Waals surface area contributed by atoms with Gasteiger partial charge in [0.15, 0.2) is 5.82 Å². The molecule has 0 radical (unpaired) electrons. The monoisotopic (exact) mass is 451 g/mol. The standard InChI is InChI=1S/C24H29N5O2S/c1-18-8-10-19(11-9-18)29-23(20-6-4-5-7-21(20)31-3)25-28(24(29)32)13-12-22(30)27-16-14-26(2)15-17-27/h4-11H,12-17H2,1-3H3. The molecular weight excluding hydrogens is 422 g/mol. The largest absolute Gasteiger partial charge is 0.496 e. The summed E-state index contributed by atoms with van der Waals surface area (Å²) in [5.74, 6) is 1.56. The number of rotatable bonds is 6. The van der Waals surface area contributed by atoms with E-state index < -0.39 is 0 Å². The van der Waals surface area contributed by atoms with E-state index in [0.717, 1.165) is 43.2 Å². The number of carbonyl (C=O) groups excluding carboxylic acids is 1. The van der Waals surface area contributed by atoms with E-state index >= 15 is 0 Å². The van der Waals surface area contributed by atoms with Gasteiger partial charge in [-0.2, -0.15) is 5.10 Å². The van der Waals surface area contributed by atoms with Crippen LogP contribution in [0.2, 0.25) is 0 Å². The van der Waals surface area contributed by atoms with Gasteiger partial charge >= 0.3 is 0 Å². The number of para-hydroxylation sites is 1. The van der Waals surface area contributed by atoms with Gasteiger partial charge in [-0.3, -0.25) is 9.36 Å². The van der Waals surface area contributed by atoms with Crippen LogP contribution in [0, 0.1) is 11.7 Å². The Hall–Kier alpha value is -2.97. The Labute approximate surface area is 193 Å². The molecule has 1 saturated heterocycles. The van der Waals surface area contributed by atoms with Crippen LogP contribution >= 0.6 is 12.2 Å². The van der Waals surface area contributed by atoms with Crippen molar-refractivity contribution < 1.29 is 9.53 Å². The van der Waals surface area contributed by atoms with Gasteiger partial charge < -0.3 is 14.5 Å². The van der Waals surface area contributed by atoms with E-state index in [-0.39, 0.29) is 5.91 Å². The predicted molar refractivity (Wildman–Crippen MR) is 128 cm³/mol. The third-order valence-corrected chi connectivity index (χ3v) is 6.27. The van der Waals surface area contributed by atoms with Crippen LogP contribution in [0.1, 0.15) is 12.0 Å². The second-order valence-electron chi connectivity index (χ2n) is 8.13. The van der Waals surface area contributed by atoms with Crippen molar-refractivity contribution in [1.29, 1.82) is 0 Å². The van der Waals surface area contributed by atoms with Crippen molar-refractivity contribution in [2.75, 3.05) is 40.3 Å². The highest BCUT2D eigenvalue weighted by molar-refractivity contribution is 7.71. The van der Waals surface area contributed by atoms with Crippen LogP contribution < -0.4 is 4.74 Å². The highest BCUT2D eigenvalue weighted by atomic mass is 32.1. The van der Waals surface area contributed by atoms with Crippen molar-refractivity contribution in [3.8, 4) is 22.8 Å². The Bertz CT molecular complexity index is 1140. The Morgan fingerprint density at radius 3 is 2.44 bits per heavy atom. The molecular formula is C24H29N5O2S. The van der Waals surface area contributed by atoms with Crippen LogP contribution in [0.3, 0.4) is 0 Å². The fraction of sp³-hybridized carbons (Fsp3) is 0.375. The molecule has 0 aliphatic carbocycles. The molecule has 8 heteroatoms. The first-order chi connectivity index (χ1) is 15.5. The third kappa shape index (κ3) is 4.61. The maximum Gasteiger partial charge on any atom is 0.224 e. The van der Waals surface area contributed by atoms with E-state index in [4.69, 9.17) is 22.1 Å². The third-order valence-electron chi connectivity index (χ3n) is 5.87. The first kappa shape index (κ1) is 22.2. The van der Waals surface area contributed by atoms with E-state index in [2.05, 4.69) is 31.0 Å². The number of aryl methyl sites for hydroxylation is 2. The van der Waals surface area contributed by atoms with E-state index in [1.54, 1.807) is 11.8 Å². The van der Waals surface area contributed by atoms with Gasteiger partial charge in [0.1, 0.15) is 5.75 Å². The summed E-state index contributed by atoms with van der Waals surface area (Å²) in [5, 5.41) is 4.83. The fourth-order valence-electron chi connectivity index (χ4n) is 3.90. The zero-order valence-electron chi connectivity index (χ0n) is 18.8. The highest BCUT2D eigenvalue weighted by Gasteiger charge is 2.21. The number of likely N-dealkylation sites (N-methyl/N-ethyl adjacent to an activating group) is 1. The summed E-state index contributed by atoms with van der Waals surface area (Å²) in [4.78, 5) is 16.9. The molecule has 1 amide bonds. The SMILES string of the molecule is COc1ccccc1-c1nn(CCC(=O)N2CCN(C)CC2)c(=S)n1-c1ccc(C)cc1. The van der Waals surface area contributed by atoms with Crippen molar-refractivity contribution in [2.24, 2.45) is 0 Å². The lowest BCUT2D eigenvalue weighted by atomic mass is 10.1. The maximum atomic E-state index is 12.8. The number of hydrogen-bond acceptors (Lipinski definition) is 5. The molecule has 7 nitrogen and oxygen atoms in total. The topological polar surface area (TPSA) is 55.5 Å². The van der Waals surface area contributed by atoms with Crippen molar-refractivity contribution >= 4 is 18.1 Å². The van der Waals surface area contributed by atoms with Gasteiger partial charge in [0, 0.05) is 38.3 Å². The molecule has 1 aliphatic heterocycles. The zero-order chi connectivity index (χ0) is 22.7. The second kappa shape index (κ2) is 9.67. The lowest BCUT2D eigenvalue weighted by Crippen LogP contribution is -2.47. The summed E-state index contributed by atoms with van der Waals surface area (Å²) in [6.07, 6.45) is 0.369. The Kier molecular flexibility index (Phi) is 6.72. The molecule has 0 bridgehead atoms. The number of ether oxygens (including phenoxy) is 1. The van der Waals surface area contributed by atoms with E-state index in [1.807, 2.05) is 45.9 Å². The summed E-state index contributed by atoms with van der Waals surface area (Å²) >= 11 is 5.82. The average molecular weight is 452 g/mol. The molecule has 0 unspecified atom stereocenters. The number of benzene rings is 2. The molecule has 4 rings (SSSR count). The molecule has 2 aromatic carbocycles. The van der Waals surface area contributed by atoms with E-state index in [0.29, 0.717) is 23.6 Å². The van der Waals surface area contributed by atoms with Gasteiger partial charge in [-0.25, -0.2) is 4.68 Å². The van der Waals surface area contributed by atoms with Crippen molar-refractivity contribution in [1.82, 2.24) is 24.1 Å². The van der Waals surface area contributed by atoms with Crippen LogP contribution in [0.15, 0.2) is 48.5 Å². The van der Waals surface area contributed by atoms with Crippen molar-refractivity contribution in [3.05, 3.63) is 58.9 Å². The van der Waals surface area contributed by atoms with Gasteiger partial charge in [-0.15, -0.1) is 0 Å². The molecule has 1 fully saturated rings. The minimum Gasteiger partial charge on any atom is -0.496 e. The number of aromatic nitrogens is 3. The van der Waals surface area contributed by atoms with Crippen molar-refractivity contribution in [2.45, 2.75) is 19.9 Å². The normalized spacial score (nSPS) is 14.5. The van der Waals surface area contributed by atoms with E-state index in [9.17, 15) is 4.79 Å². The summed E-state index contributed by atoms with van der Waals surface area (Å²) in [6, 6.07) is 15.9. The number of amides is 1. The molecule has 0 atom stereocenters. The summed E-state index contributed by atoms with van der Waals surface area (Å²) in [5.41, 5.74) is 2.95. The second-order valence-corrected chi connectivity index (χ2v) is 8.50. The predicted octanol–water partition coefficient (Wildman–Crippen LogP) is 3.55. The molecule has 2 heterocycles. The molecule has 0 spiro atoms. The number of nitrogens with zero attached hydrogens (tertiary/aromatic N) is 5. The quantitative estimate of drug-likeness (QED) is 0.537. The number of carbonyl (C=O) groups is 1. The highest BCUT2D eigenvalue weighted by Crippen LogP contribution is 2.30. The summed E-state index contributed by atoms with van der Waals surface area (Å²) in [6.45, 7) is 5.84. The maximum absolute atomic E-state index is 12.8. The Morgan fingerprint density at radius 1 is 1.06 bits per heavy atom. The zero-order valence-corrected chi connectivity index (χ0v) is 19.6. The molecule has 3 aromatic rings. The van der Waals surface area contributed by atoms with Gasteiger partial charge in [-0.05, 0) is 50.5 Å². The summed E-state index contributed by atoms with van der Waals surface area (Å²) < 4.78 is 9.85. The average Bonchev–Trinajstić information content (AvgIpc) is 3.14. The minimum absolute atomic E-state index is 0.142. The van der Waals surface area contributed by atoms with Crippen LogP contribution in [0.4, 0.5) is 0 Å². The van der Waals surface area contributed by atoms with Gasteiger partial charge in [0.2, 0.25) is 10.7 Å². The van der Waals surface area contributed by atoms with Gasteiger partial charge in [-0.1, -0.05) is 29.8 Å². The number of methoxy groups -OCH3 is 1. The van der Waals surface area contributed by atoms with E-state index in [1.165, 1.54) is 5.56 Å². The lowest BCUT2D eigenvalue weighted by molar-refractivity contribution is -0.133. The number of hydrogen-bond donors (Lipinski definition) is 0. The molecule has 0 N–H and O–H groups in total. The van der Waals surface area contributed by atoms with Crippen LogP contribution in [0.25, 0.3) is 17.1 Å². The lowest BCUT2D eigenvalue weighted by Gasteiger charge is -2.32. The Balaban J connectivity index is 1.67. The smallest absolute Gasteiger partial charge is 0.224 e.